The fraction of sp³-hybridized carbons (Fsp3) is 0.333. The first-order chi connectivity index (χ1) is 7.22. The van der Waals surface area contributed by atoms with Crippen molar-refractivity contribution in [3.63, 3.8) is 0 Å². The van der Waals surface area contributed by atoms with Crippen LogP contribution in [0.2, 0.25) is 0 Å². The average Bonchev–Trinajstić information content (AvgIpc) is 2.57. The zero-order chi connectivity index (χ0) is 10.8. The fourth-order valence-electron chi connectivity index (χ4n) is 1.72. The van der Waals surface area contributed by atoms with Crippen LogP contribution in [0.3, 0.4) is 0 Å². The van der Waals surface area contributed by atoms with E-state index in [1.165, 1.54) is 0 Å². The molecule has 2 rings (SSSR count). The first-order valence-electron chi connectivity index (χ1n) is 5.04. The molecule has 1 aliphatic heterocycles. The maximum atomic E-state index is 11.4. The lowest BCUT2D eigenvalue weighted by Crippen LogP contribution is -2.05. The van der Waals surface area contributed by atoms with Gasteiger partial charge in [0.2, 0.25) is 0 Å². The van der Waals surface area contributed by atoms with Gasteiger partial charge in [0.05, 0.1) is 5.56 Å². The third kappa shape index (κ3) is 1.77. The van der Waals surface area contributed by atoms with E-state index in [9.17, 15) is 9.59 Å². The van der Waals surface area contributed by atoms with E-state index in [0.717, 1.165) is 5.56 Å². The van der Waals surface area contributed by atoms with Gasteiger partial charge in [-0.1, -0.05) is 25.1 Å². The van der Waals surface area contributed by atoms with Crippen molar-refractivity contribution in [1.29, 1.82) is 0 Å². The third-order valence-electron chi connectivity index (χ3n) is 2.58. The van der Waals surface area contributed by atoms with Gasteiger partial charge in [0.15, 0.2) is 0 Å². The van der Waals surface area contributed by atoms with Crippen molar-refractivity contribution >= 4 is 11.8 Å². The molecule has 78 valence electrons. The Hall–Kier alpha value is -1.64. The predicted octanol–water partition coefficient (Wildman–Crippen LogP) is 2.27. The van der Waals surface area contributed by atoms with Crippen LogP contribution in [0.5, 0.6) is 0 Å². The number of carbonyl (C=O) groups is 2. The molecule has 0 aromatic heterocycles. The van der Waals surface area contributed by atoms with E-state index in [1.807, 2.05) is 19.1 Å². The van der Waals surface area contributed by atoms with Crippen LogP contribution in [0.4, 0.5) is 0 Å². The minimum absolute atomic E-state index is 0.115. The van der Waals surface area contributed by atoms with Crippen LogP contribution >= 0.6 is 0 Å². The largest absolute Gasteiger partial charge is 0.453 e. The summed E-state index contributed by atoms with van der Waals surface area (Å²) in [6.45, 7) is 1.81. The van der Waals surface area contributed by atoms with Crippen molar-refractivity contribution in [2.75, 3.05) is 0 Å². The average molecular weight is 204 g/mol. The fourth-order valence-corrected chi connectivity index (χ4v) is 1.72. The molecule has 0 N–H and O–H groups in total. The van der Waals surface area contributed by atoms with Crippen LogP contribution in [-0.4, -0.2) is 11.8 Å². The Bertz CT molecular complexity index is 409. The molecule has 0 amide bonds. The van der Waals surface area contributed by atoms with Gasteiger partial charge in [0.25, 0.3) is 0 Å². The Morgan fingerprint density at radius 3 is 2.87 bits per heavy atom. The van der Waals surface area contributed by atoms with Crippen LogP contribution in [0.25, 0.3) is 0 Å². The summed E-state index contributed by atoms with van der Waals surface area (Å²) >= 11 is 0. The van der Waals surface area contributed by atoms with Gasteiger partial charge in [0, 0.05) is 18.4 Å². The van der Waals surface area contributed by atoms with Gasteiger partial charge in [-0.15, -0.1) is 0 Å². The highest BCUT2D eigenvalue weighted by molar-refractivity contribution is 5.94. The summed E-state index contributed by atoms with van der Waals surface area (Å²) in [6, 6.07) is 7.22. The second-order valence-electron chi connectivity index (χ2n) is 3.58. The van der Waals surface area contributed by atoms with Gasteiger partial charge in [-0.2, -0.15) is 0 Å². The van der Waals surface area contributed by atoms with Gasteiger partial charge >= 0.3 is 5.97 Å². The number of ketones is 1. The van der Waals surface area contributed by atoms with Gasteiger partial charge in [-0.25, -0.2) is 4.79 Å². The Balaban J connectivity index is 2.25. The lowest BCUT2D eigenvalue weighted by molar-refractivity contribution is -0.120. The molecular weight excluding hydrogens is 192 g/mol. The van der Waals surface area contributed by atoms with E-state index in [1.54, 1.807) is 12.1 Å². The molecule has 0 spiro atoms. The molecule has 1 aliphatic rings. The zero-order valence-corrected chi connectivity index (χ0v) is 8.53. The van der Waals surface area contributed by atoms with Crippen molar-refractivity contribution in [2.45, 2.75) is 25.9 Å². The van der Waals surface area contributed by atoms with Gasteiger partial charge in [0.1, 0.15) is 11.9 Å². The molecule has 0 unspecified atom stereocenters. The minimum Gasteiger partial charge on any atom is -0.453 e. The van der Waals surface area contributed by atoms with E-state index in [2.05, 4.69) is 0 Å². The molecule has 0 aliphatic carbocycles. The number of cyclic esters (lactones) is 1. The minimum atomic E-state index is -0.374. The number of hydrogen-bond donors (Lipinski definition) is 0. The summed E-state index contributed by atoms with van der Waals surface area (Å²) in [5.41, 5.74) is 1.43. The summed E-state index contributed by atoms with van der Waals surface area (Å²) in [7, 11) is 0. The van der Waals surface area contributed by atoms with Crippen LogP contribution in [0.1, 0.15) is 41.8 Å². The van der Waals surface area contributed by atoms with Crippen LogP contribution < -0.4 is 0 Å². The quantitative estimate of drug-likeness (QED) is 0.709. The number of hydrogen-bond acceptors (Lipinski definition) is 3. The van der Waals surface area contributed by atoms with E-state index >= 15 is 0 Å². The topological polar surface area (TPSA) is 43.4 Å². The van der Waals surface area contributed by atoms with Crippen LogP contribution in [-0.2, 0) is 9.53 Å². The first kappa shape index (κ1) is 9.90. The highest BCUT2D eigenvalue weighted by Crippen LogP contribution is 2.32. The molecule has 0 saturated carbocycles. The normalized spacial score (nSPS) is 18.5. The summed E-state index contributed by atoms with van der Waals surface area (Å²) in [5.74, 6) is -0.205. The van der Waals surface area contributed by atoms with E-state index in [-0.39, 0.29) is 17.9 Å². The van der Waals surface area contributed by atoms with Crippen LogP contribution in [0, 0.1) is 0 Å². The molecular formula is C12H12O3. The number of benzene rings is 1. The summed E-state index contributed by atoms with van der Waals surface area (Å²) in [6.07, 6.45) is 0.399. The van der Waals surface area contributed by atoms with E-state index in [0.29, 0.717) is 18.4 Å². The number of fused-ring (bicyclic) bond motifs is 1. The van der Waals surface area contributed by atoms with Crippen molar-refractivity contribution in [3.8, 4) is 0 Å². The molecule has 3 heteroatoms. The smallest absolute Gasteiger partial charge is 0.339 e. The zero-order valence-electron chi connectivity index (χ0n) is 8.53. The Kier molecular flexibility index (Phi) is 2.54. The Morgan fingerprint density at radius 2 is 2.13 bits per heavy atom. The van der Waals surface area contributed by atoms with E-state index < -0.39 is 0 Å². The van der Waals surface area contributed by atoms with Gasteiger partial charge in [-0.3, -0.25) is 4.79 Å². The number of carbonyl (C=O) groups excluding carboxylic acids is 2. The molecule has 0 fully saturated rings. The number of ether oxygens (including phenoxy) is 1. The Morgan fingerprint density at radius 1 is 1.40 bits per heavy atom. The molecule has 1 heterocycles. The molecule has 0 saturated heterocycles. The monoisotopic (exact) mass is 204 g/mol. The summed E-state index contributed by atoms with van der Waals surface area (Å²) in [4.78, 5) is 22.7. The maximum absolute atomic E-state index is 11.4. The SMILES string of the molecule is CCC(=O)C[C@@H]1OC(=O)c2ccccc21. The number of rotatable bonds is 3. The first-order valence-corrected chi connectivity index (χ1v) is 5.04. The highest BCUT2D eigenvalue weighted by Gasteiger charge is 2.31. The second-order valence-corrected chi connectivity index (χ2v) is 3.58. The maximum Gasteiger partial charge on any atom is 0.339 e. The number of esters is 1. The van der Waals surface area contributed by atoms with Gasteiger partial charge < -0.3 is 4.74 Å². The van der Waals surface area contributed by atoms with Crippen molar-refractivity contribution in [2.24, 2.45) is 0 Å². The summed E-state index contributed by atoms with van der Waals surface area (Å²) in [5, 5.41) is 0. The van der Waals surface area contributed by atoms with Gasteiger partial charge in [-0.05, 0) is 6.07 Å². The molecule has 3 nitrogen and oxygen atoms in total. The third-order valence-corrected chi connectivity index (χ3v) is 2.58. The highest BCUT2D eigenvalue weighted by atomic mass is 16.5. The molecule has 0 radical (unpaired) electrons. The lowest BCUT2D eigenvalue weighted by atomic mass is 10.0. The number of Topliss-reactive ketones (excluding diaryl/α,β-unsaturated/α-hetero) is 1. The second kappa shape index (κ2) is 3.85. The summed E-state index contributed by atoms with van der Waals surface area (Å²) < 4.78 is 5.14. The van der Waals surface area contributed by atoms with Crippen molar-refractivity contribution < 1.29 is 14.3 Å². The molecule has 1 aromatic carbocycles. The predicted molar refractivity (Wildman–Crippen MR) is 54.5 cm³/mol. The Labute approximate surface area is 88.1 Å². The lowest BCUT2D eigenvalue weighted by Gasteiger charge is -2.08. The standard InChI is InChI=1S/C12H12O3/c1-2-8(13)7-11-9-5-3-4-6-10(9)12(14)15-11/h3-6,11H,2,7H2,1H3/t11-/m0/s1. The van der Waals surface area contributed by atoms with Crippen LogP contribution in [0.15, 0.2) is 24.3 Å². The van der Waals surface area contributed by atoms with E-state index in [4.69, 9.17) is 4.74 Å². The molecule has 1 atom stereocenters. The molecule has 1 aromatic rings. The molecule has 0 bridgehead atoms. The van der Waals surface area contributed by atoms with Crippen molar-refractivity contribution in [1.82, 2.24) is 0 Å². The molecule has 15 heavy (non-hydrogen) atoms. The van der Waals surface area contributed by atoms with Crippen molar-refractivity contribution in [3.05, 3.63) is 35.4 Å².